The number of nitrogens with zero attached hydrogens (tertiary/aromatic N) is 6. The van der Waals surface area contributed by atoms with E-state index in [-0.39, 0.29) is 11.2 Å². The summed E-state index contributed by atoms with van der Waals surface area (Å²) in [7, 11) is 0. The number of hydrogen-bond acceptors (Lipinski definition) is 10. The number of aromatic nitrogens is 6. The molecule has 306 valence electrons. The van der Waals surface area contributed by atoms with Gasteiger partial charge in [-0.25, -0.2) is 24.7 Å². The van der Waals surface area contributed by atoms with Gasteiger partial charge in [-0.2, -0.15) is 0 Å². The Balaban J connectivity index is 1.40. The number of nitrogens with one attached hydrogen (secondary N) is 2. The number of unbranched alkanes of at least 4 members (excludes halogenated alkanes) is 7. The van der Waals surface area contributed by atoms with Gasteiger partial charge >= 0.3 is 5.69 Å². The van der Waals surface area contributed by atoms with Crippen molar-refractivity contribution in [2.75, 3.05) is 35.2 Å². The van der Waals surface area contributed by atoms with E-state index in [4.69, 9.17) is 9.97 Å². The fourth-order valence-corrected chi connectivity index (χ4v) is 9.05. The van der Waals surface area contributed by atoms with Crippen molar-refractivity contribution in [3.63, 3.8) is 0 Å². The average molecular weight is 795 g/mol. The number of thioether (sulfide) groups is 2. The van der Waals surface area contributed by atoms with Gasteiger partial charge in [0.2, 0.25) is 0 Å². The number of fused-ring (bicyclic) bond motifs is 6. The van der Waals surface area contributed by atoms with Crippen molar-refractivity contribution in [1.82, 2.24) is 29.1 Å². The number of hydrogen-bond donors (Lipinski definition) is 2. The van der Waals surface area contributed by atoms with Crippen LogP contribution >= 0.6 is 23.5 Å². The van der Waals surface area contributed by atoms with Crippen LogP contribution in [0.1, 0.15) is 158 Å². The Morgan fingerprint density at radius 1 is 0.582 bits per heavy atom. The molecular weight excluding hydrogens is 725 g/mol. The maximum absolute atomic E-state index is 13.8. The molecule has 0 aliphatic carbocycles. The van der Waals surface area contributed by atoms with Crippen LogP contribution in [0.3, 0.4) is 0 Å². The molecule has 0 spiro atoms. The highest BCUT2D eigenvalue weighted by molar-refractivity contribution is 7.99. The van der Waals surface area contributed by atoms with Crippen LogP contribution in [0.15, 0.2) is 32.0 Å². The van der Waals surface area contributed by atoms with E-state index in [1.807, 2.05) is 37.5 Å². The molecule has 4 heterocycles. The lowest BCUT2D eigenvalue weighted by atomic mass is 10.0. The second-order valence-electron chi connectivity index (χ2n) is 15.3. The molecular formula is C43H70N8O2S2. The molecule has 2 N–H and O–H groups in total. The van der Waals surface area contributed by atoms with Crippen LogP contribution in [0.4, 0.5) is 11.6 Å². The minimum atomic E-state index is -0.134. The highest BCUT2D eigenvalue weighted by Gasteiger charge is 2.16. The lowest BCUT2D eigenvalue weighted by Gasteiger charge is -2.17. The molecule has 0 aromatic carbocycles. The predicted octanol–water partition coefficient (Wildman–Crippen LogP) is 10.3. The quantitative estimate of drug-likeness (QED) is 0.160. The molecule has 3 aromatic heterocycles. The van der Waals surface area contributed by atoms with Crippen molar-refractivity contribution in [2.45, 2.75) is 186 Å². The summed E-state index contributed by atoms with van der Waals surface area (Å²) in [5.41, 5.74) is 3.49. The second-order valence-corrected chi connectivity index (χ2v) is 17.5. The molecule has 0 amide bonds. The molecule has 0 atom stereocenters. The minimum Gasteiger partial charge on any atom is -0.370 e. The third kappa shape index (κ3) is 16.6. The molecule has 1 aliphatic rings. The largest absolute Gasteiger partial charge is 0.370 e. The predicted molar refractivity (Wildman–Crippen MR) is 233 cm³/mol. The van der Waals surface area contributed by atoms with Gasteiger partial charge in [0.25, 0.3) is 5.56 Å². The van der Waals surface area contributed by atoms with Gasteiger partial charge in [0.15, 0.2) is 10.3 Å². The molecule has 0 radical (unpaired) electrons. The van der Waals surface area contributed by atoms with Crippen LogP contribution in [0.2, 0.25) is 0 Å². The molecule has 0 unspecified atom stereocenters. The first-order valence-corrected chi connectivity index (χ1v) is 23.6. The van der Waals surface area contributed by atoms with E-state index in [0.717, 1.165) is 153 Å². The maximum Gasteiger partial charge on any atom is 0.331 e. The normalized spacial score (nSPS) is 16.4. The van der Waals surface area contributed by atoms with E-state index in [2.05, 4.69) is 27.5 Å². The van der Waals surface area contributed by atoms with E-state index in [1.54, 1.807) is 28.1 Å². The molecule has 6 bridgehead atoms. The summed E-state index contributed by atoms with van der Waals surface area (Å²) >= 11 is 3.43. The SMILES string of the molecule is CCCCCCCCCCc1c(C)n2c(=O)n(c1=O)CCCCCCSc1nc(C)cc(n1)NCCCCCCNc1cc(C)nc(n1)SCCCCCC2. The molecule has 0 saturated heterocycles. The third-order valence-corrected chi connectivity index (χ3v) is 12.4. The number of rotatable bonds is 9. The lowest BCUT2D eigenvalue weighted by molar-refractivity contribution is 0.481. The molecule has 0 fully saturated rings. The minimum absolute atomic E-state index is 0.0615. The van der Waals surface area contributed by atoms with Crippen LogP contribution < -0.4 is 21.9 Å². The van der Waals surface area contributed by atoms with Crippen LogP contribution in [0.25, 0.3) is 0 Å². The van der Waals surface area contributed by atoms with Gasteiger partial charge in [-0.05, 0) is 72.1 Å². The van der Waals surface area contributed by atoms with Gasteiger partial charge in [0.1, 0.15) is 11.6 Å². The van der Waals surface area contributed by atoms with Gasteiger partial charge in [0.05, 0.1) is 0 Å². The zero-order valence-electron chi connectivity index (χ0n) is 34.6. The van der Waals surface area contributed by atoms with Crippen LogP contribution in [0, 0.1) is 20.8 Å². The molecule has 10 nitrogen and oxygen atoms in total. The highest BCUT2D eigenvalue weighted by atomic mass is 32.2. The van der Waals surface area contributed by atoms with Crippen molar-refractivity contribution in [2.24, 2.45) is 0 Å². The monoisotopic (exact) mass is 795 g/mol. The Hall–Kier alpha value is -2.86. The first kappa shape index (κ1) is 44.8. The Morgan fingerprint density at radius 3 is 1.60 bits per heavy atom. The molecule has 3 aromatic rings. The number of anilines is 2. The highest BCUT2D eigenvalue weighted by Crippen LogP contribution is 2.21. The summed E-state index contributed by atoms with van der Waals surface area (Å²) in [5, 5.41) is 8.68. The van der Waals surface area contributed by atoms with Gasteiger partial charge in [0, 0.05) is 72.5 Å². The van der Waals surface area contributed by atoms with Crippen LogP contribution in [-0.4, -0.2) is 53.7 Å². The first-order chi connectivity index (χ1) is 26.9. The smallest absolute Gasteiger partial charge is 0.331 e. The van der Waals surface area contributed by atoms with Crippen LogP contribution in [-0.2, 0) is 19.5 Å². The van der Waals surface area contributed by atoms with Gasteiger partial charge in [-0.3, -0.25) is 13.9 Å². The first-order valence-electron chi connectivity index (χ1n) is 21.6. The standard InChI is InChI=1S/C43H70N8O2S2/c1-5-6-7-8-9-10-11-18-25-37-36(4)50-28-21-14-16-23-30-54-41-46-34(2)32-38(48-41)44-26-19-12-13-20-27-45-39-33-35(3)47-42(49-39)55-31-24-17-15-22-29-51(40(37)52)43(50)53/h32-33H,5-31H2,1-4H3,(H,44,46,48)(H,45,47,49). The molecule has 12 heteroatoms. The summed E-state index contributed by atoms with van der Waals surface area (Å²) in [6.07, 6.45) is 23.2. The Labute approximate surface area is 339 Å². The Kier molecular flexibility index (Phi) is 21.3. The van der Waals surface area contributed by atoms with E-state index in [0.29, 0.717) is 13.1 Å². The summed E-state index contributed by atoms with van der Waals surface area (Å²) in [4.78, 5) is 46.5. The molecule has 0 saturated carbocycles. The summed E-state index contributed by atoms with van der Waals surface area (Å²) < 4.78 is 3.47. The van der Waals surface area contributed by atoms with E-state index < -0.39 is 0 Å². The van der Waals surface area contributed by atoms with Gasteiger partial charge in [-0.15, -0.1) is 0 Å². The van der Waals surface area contributed by atoms with Crippen molar-refractivity contribution < 1.29 is 0 Å². The van der Waals surface area contributed by atoms with E-state index >= 15 is 0 Å². The Bertz CT molecular complexity index is 1680. The zero-order chi connectivity index (χ0) is 39.1. The Morgan fingerprint density at radius 2 is 1.05 bits per heavy atom. The fourth-order valence-electron chi connectivity index (χ4n) is 7.25. The third-order valence-electron chi connectivity index (χ3n) is 10.5. The molecule has 4 rings (SSSR count). The van der Waals surface area contributed by atoms with Crippen molar-refractivity contribution in [3.05, 3.63) is 55.6 Å². The zero-order valence-corrected chi connectivity index (χ0v) is 36.2. The summed E-state index contributed by atoms with van der Waals surface area (Å²) in [5.74, 6) is 3.73. The van der Waals surface area contributed by atoms with Crippen molar-refractivity contribution in [1.29, 1.82) is 0 Å². The van der Waals surface area contributed by atoms with Gasteiger partial charge in [-0.1, -0.05) is 114 Å². The van der Waals surface area contributed by atoms with E-state index in [9.17, 15) is 9.59 Å². The maximum atomic E-state index is 13.8. The summed E-state index contributed by atoms with van der Waals surface area (Å²) in [6, 6.07) is 4.06. The average Bonchev–Trinajstić information content (AvgIpc) is 3.15. The topological polar surface area (TPSA) is 120 Å². The van der Waals surface area contributed by atoms with Crippen molar-refractivity contribution >= 4 is 35.2 Å². The lowest BCUT2D eigenvalue weighted by Crippen LogP contribution is -2.43. The fraction of sp³-hybridized carbons (Fsp3) is 0.721. The van der Waals surface area contributed by atoms with E-state index in [1.165, 1.54) is 51.4 Å². The molecule has 55 heavy (non-hydrogen) atoms. The summed E-state index contributed by atoms with van der Waals surface area (Å²) in [6.45, 7) is 11.3. The van der Waals surface area contributed by atoms with Gasteiger partial charge < -0.3 is 10.6 Å². The second kappa shape index (κ2) is 26.1. The van der Waals surface area contributed by atoms with Crippen molar-refractivity contribution in [3.8, 4) is 0 Å². The van der Waals surface area contributed by atoms with Crippen LogP contribution in [0.5, 0.6) is 0 Å². The molecule has 1 aliphatic heterocycles. The number of aryl methyl sites for hydroxylation is 2.